The third-order valence-corrected chi connectivity index (χ3v) is 8.09. The molecule has 0 aliphatic rings. The summed E-state index contributed by atoms with van der Waals surface area (Å²) >= 11 is 1.14. The molecule has 0 fully saturated rings. The monoisotopic (exact) mass is 555 g/mol. The van der Waals surface area contributed by atoms with Crippen LogP contribution in [0.15, 0.2) is 70.6 Å². The molecule has 4 aromatic rings. The summed E-state index contributed by atoms with van der Waals surface area (Å²) in [5.74, 6) is -0.200. The van der Waals surface area contributed by atoms with E-state index in [1.165, 1.54) is 56.2 Å². The molecular formula is C26H25N3O7S2. The van der Waals surface area contributed by atoms with Crippen LogP contribution in [0, 0.1) is 6.92 Å². The van der Waals surface area contributed by atoms with Gasteiger partial charge in [-0.2, -0.15) is 4.99 Å². The number of esters is 1. The van der Waals surface area contributed by atoms with Crippen molar-refractivity contribution in [2.75, 3.05) is 26.1 Å². The van der Waals surface area contributed by atoms with Crippen LogP contribution < -0.4 is 19.0 Å². The normalized spacial score (nSPS) is 11.8. The average molecular weight is 556 g/mol. The Morgan fingerprint density at radius 1 is 0.974 bits per heavy atom. The van der Waals surface area contributed by atoms with Crippen molar-refractivity contribution >= 4 is 49.1 Å². The quantitative estimate of drug-likeness (QED) is 0.328. The lowest BCUT2D eigenvalue weighted by atomic mass is 10.2. The SMILES string of the molecule is COC(=O)Cn1c(=NC(=O)c2cccc(NS(=O)(=O)c3ccc(C)cc3)c2)sc2c(OC)ccc(OC)c21. The van der Waals surface area contributed by atoms with Crippen LogP contribution in [-0.2, 0) is 26.1 Å². The fraction of sp³-hybridized carbons (Fsp3) is 0.192. The van der Waals surface area contributed by atoms with Crippen molar-refractivity contribution in [2.24, 2.45) is 4.99 Å². The minimum atomic E-state index is -3.86. The molecule has 0 spiro atoms. The number of rotatable bonds is 8. The first kappa shape index (κ1) is 26.9. The molecule has 0 aliphatic heterocycles. The van der Waals surface area contributed by atoms with Crippen LogP contribution in [0.4, 0.5) is 5.69 Å². The molecular weight excluding hydrogens is 530 g/mol. The summed E-state index contributed by atoms with van der Waals surface area (Å²) in [7, 11) is 0.407. The highest BCUT2D eigenvalue weighted by molar-refractivity contribution is 7.92. The number of sulfonamides is 1. The van der Waals surface area contributed by atoms with Gasteiger partial charge >= 0.3 is 5.97 Å². The molecule has 3 aromatic carbocycles. The Hall–Kier alpha value is -4.16. The number of carbonyl (C=O) groups is 2. The summed E-state index contributed by atoms with van der Waals surface area (Å²) in [5.41, 5.74) is 1.80. The second-order valence-corrected chi connectivity index (χ2v) is 10.8. The van der Waals surface area contributed by atoms with Crippen molar-refractivity contribution in [3.8, 4) is 11.5 Å². The average Bonchev–Trinajstić information content (AvgIpc) is 3.25. The van der Waals surface area contributed by atoms with Gasteiger partial charge in [-0.05, 0) is 49.4 Å². The molecule has 4 rings (SSSR count). The van der Waals surface area contributed by atoms with E-state index < -0.39 is 21.9 Å². The van der Waals surface area contributed by atoms with E-state index in [1.807, 2.05) is 6.92 Å². The van der Waals surface area contributed by atoms with Crippen LogP contribution in [-0.4, -0.2) is 46.2 Å². The maximum absolute atomic E-state index is 13.2. The number of anilines is 1. The number of methoxy groups -OCH3 is 3. The van der Waals surface area contributed by atoms with Gasteiger partial charge in [-0.25, -0.2) is 8.42 Å². The number of benzene rings is 3. The van der Waals surface area contributed by atoms with Crippen LogP contribution in [0.1, 0.15) is 15.9 Å². The molecule has 198 valence electrons. The molecule has 1 N–H and O–H groups in total. The number of nitrogens with zero attached hydrogens (tertiary/aromatic N) is 2. The standard InChI is InChI=1S/C26H25N3O7S2/c1-16-8-10-19(11-9-16)38(32,33)28-18-7-5-6-17(14-18)25(31)27-26-29(15-22(30)36-4)23-20(34-2)12-13-21(35-3)24(23)37-26/h5-14,28H,15H2,1-4H3. The van der Waals surface area contributed by atoms with Crippen molar-refractivity contribution in [3.63, 3.8) is 0 Å². The Kier molecular flexibility index (Phi) is 7.83. The number of ether oxygens (including phenoxy) is 3. The largest absolute Gasteiger partial charge is 0.495 e. The predicted octanol–water partition coefficient (Wildman–Crippen LogP) is 3.74. The molecule has 10 nitrogen and oxygen atoms in total. The van der Waals surface area contributed by atoms with Crippen molar-refractivity contribution in [2.45, 2.75) is 18.4 Å². The minimum Gasteiger partial charge on any atom is -0.495 e. The van der Waals surface area contributed by atoms with E-state index in [0.717, 1.165) is 16.9 Å². The maximum atomic E-state index is 13.2. The molecule has 38 heavy (non-hydrogen) atoms. The van der Waals surface area contributed by atoms with E-state index in [0.29, 0.717) is 21.7 Å². The van der Waals surface area contributed by atoms with E-state index in [-0.39, 0.29) is 27.5 Å². The Labute approximate surface area is 223 Å². The van der Waals surface area contributed by atoms with Crippen LogP contribution in [0.2, 0.25) is 0 Å². The number of hydrogen-bond donors (Lipinski definition) is 1. The zero-order valence-corrected chi connectivity index (χ0v) is 22.7. The maximum Gasteiger partial charge on any atom is 0.325 e. The molecule has 1 heterocycles. The van der Waals surface area contributed by atoms with Crippen LogP contribution in [0.5, 0.6) is 11.5 Å². The summed E-state index contributed by atoms with van der Waals surface area (Å²) in [4.78, 5) is 30.0. The van der Waals surface area contributed by atoms with Gasteiger partial charge in [0.25, 0.3) is 15.9 Å². The summed E-state index contributed by atoms with van der Waals surface area (Å²) in [6.07, 6.45) is 0. The first-order valence-corrected chi connectivity index (χ1v) is 13.6. The number of fused-ring (bicyclic) bond motifs is 1. The number of carbonyl (C=O) groups excluding carboxylic acids is 2. The highest BCUT2D eigenvalue weighted by atomic mass is 32.2. The molecule has 0 saturated heterocycles. The highest BCUT2D eigenvalue weighted by Crippen LogP contribution is 2.35. The van der Waals surface area contributed by atoms with Crippen molar-refractivity contribution < 1.29 is 32.2 Å². The zero-order valence-electron chi connectivity index (χ0n) is 21.0. The lowest BCUT2D eigenvalue weighted by Crippen LogP contribution is -2.22. The molecule has 1 amide bonds. The van der Waals surface area contributed by atoms with Gasteiger partial charge in [-0.1, -0.05) is 35.1 Å². The van der Waals surface area contributed by atoms with Gasteiger partial charge < -0.3 is 18.8 Å². The smallest absolute Gasteiger partial charge is 0.325 e. The summed E-state index contributed by atoms with van der Waals surface area (Å²) < 4.78 is 46.0. The fourth-order valence-electron chi connectivity index (χ4n) is 3.68. The van der Waals surface area contributed by atoms with Crippen LogP contribution >= 0.6 is 11.3 Å². The number of aromatic nitrogens is 1. The Bertz CT molecular complexity index is 1690. The van der Waals surface area contributed by atoms with Gasteiger partial charge in [0.2, 0.25) is 0 Å². The summed E-state index contributed by atoms with van der Waals surface area (Å²) in [6.45, 7) is 1.64. The van der Waals surface area contributed by atoms with Crippen LogP contribution in [0.3, 0.4) is 0 Å². The van der Waals surface area contributed by atoms with Crippen molar-refractivity contribution in [1.29, 1.82) is 0 Å². The van der Waals surface area contributed by atoms with Gasteiger partial charge in [-0.3, -0.25) is 14.3 Å². The molecule has 1 aromatic heterocycles. The third-order valence-electron chi connectivity index (χ3n) is 5.60. The minimum absolute atomic E-state index is 0.0986. The number of amides is 1. The van der Waals surface area contributed by atoms with Gasteiger partial charge in [0.05, 0.1) is 26.2 Å². The molecule has 0 aliphatic carbocycles. The van der Waals surface area contributed by atoms with Gasteiger partial charge in [0, 0.05) is 11.3 Å². The second kappa shape index (κ2) is 11.1. The van der Waals surface area contributed by atoms with Crippen LogP contribution in [0.25, 0.3) is 10.2 Å². The number of thiazole rings is 1. The van der Waals surface area contributed by atoms with Crippen molar-refractivity contribution in [3.05, 3.63) is 76.6 Å². The van der Waals surface area contributed by atoms with Gasteiger partial charge in [0.15, 0.2) is 4.80 Å². The van der Waals surface area contributed by atoms with E-state index in [1.54, 1.807) is 30.3 Å². The Balaban J connectivity index is 1.76. The topological polar surface area (TPSA) is 125 Å². The molecule has 0 bridgehead atoms. The molecule has 0 saturated carbocycles. The third kappa shape index (κ3) is 5.55. The van der Waals surface area contributed by atoms with E-state index >= 15 is 0 Å². The highest BCUT2D eigenvalue weighted by Gasteiger charge is 2.20. The summed E-state index contributed by atoms with van der Waals surface area (Å²) in [6, 6.07) is 15.8. The lowest BCUT2D eigenvalue weighted by Gasteiger charge is -2.09. The molecule has 0 atom stereocenters. The van der Waals surface area contributed by atoms with Gasteiger partial charge in [0.1, 0.15) is 28.3 Å². The van der Waals surface area contributed by atoms with E-state index in [4.69, 9.17) is 14.2 Å². The number of nitrogens with one attached hydrogen (secondary N) is 1. The lowest BCUT2D eigenvalue weighted by molar-refractivity contribution is -0.141. The predicted molar refractivity (Wildman–Crippen MR) is 143 cm³/mol. The Morgan fingerprint density at radius 2 is 1.66 bits per heavy atom. The first-order valence-electron chi connectivity index (χ1n) is 11.3. The van der Waals surface area contributed by atoms with E-state index in [9.17, 15) is 18.0 Å². The van der Waals surface area contributed by atoms with Gasteiger partial charge in [-0.15, -0.1) is 0 Å². The summed E-state index contributed by atoms with van der Waals surface area (Å²) in [5, 5.41) is 0. The second-order valence-electron chi connectivity index (χ2n) is 8.11. The van der Waals surface area contributed by atoms with E-state index in [2.05, 4.69) is 9.71 Å². The first-order chi connectivity index (χ1) is 18.2. The molecule has 12 heteroatoms. The number of aryl methyl sites for hydroxylation is 1. The fourth-order valence-corrected chi connectivity index (χ4v) is 5.86. The number of hydrogen-bond acceptors (Lipinski definition) is 8. The molecule has 0 unspecified atom stereocenters. The Morgan fingerprint density at radius 3 is 2.32 bits per heavy atom. The zero-order chi connectivity index (χ0) is 27.4. The molecule has 0 radical (unpaired) electrons. The van der Waals surface area contributed by atoms with Crippen molar-refractivity contribution in [1.82, 2.24) is 4.57 Å².